The highest BCUT2D eigenvalue weighted by Gasteiger charge is 2.40. The lowest BCUT2D eigenvalue weighted by atomic mass is 9.76. The molecule has 3 aromatic rings. The number of benzene rings is 3. The van der Waals surface area contributed by atoms with E-state index in [1.54, 1.807) is 6.92 Å². The van der Waals surface area contributed by atoms with Crippen LogP contribution >= 0.6 is 0 Å². The predicted molar refractivity (Wildman–Crippen MR) is 117 cm³/mol. The van der Waals surface area contributed by atoms with Gasteiger partial charge in [0.15, 0.2) is 0 Å². The van der Waals surface area contributed by atoms with Crippen LogP contribution < -0.4 is 5.32 Å². The predicted octanol–water partition coefficient (Wildman–Crippen LogP) is 5.11. The number of hydrogen-bond donors (Lipinski definition) is 2. The molecule has 3 rings (SSSR count). The van der Waals surface area contributed by atoms with Crippen LogP contribution in [0.3, 0.4) is 0 Å². The van der Waals surface area contributed by atoms with Gasteiger partial charge in [-0.05, 0) is 28.6 Å². The van der Waals surface area contributed by atoms with Crippen molar-refractivity contribution >= 4 is 5.97 Å². The Labute approximate surface area is 175 Å². The van der Waals surface area contributed by atoms with Crippen molar-refractivity contribution < 1.29 is 9.90 Å². The third-order valence-corrected chi connectivity index (χ3v) is 5.13. The standard InChI is InChI=1S/C24H24N4O2/c1-18(27-28-25)17-22(23(29)30)26-24(19-11-5-2-6-12-19,20-13-7-3-8-14-20)21-15-9-4-10-16-21/h2-16,18,22,26H,17H2,1H3,(H,29,30)/t18-,22-/m1/s1. The summed E-state index contributed by atoms with van der Waals surface area (Å²) in [6.07, 6.45) is 0.160. The van der Waals surface area contributed by atoms with Gasteiger partial charge in [-0.2, -0.15) is 0 Å². The molecule has 0 bridgehead atoms. The highest BCUT2D eigenvalue weighted by Crippen LogP contribution is 2.37. The van der Waals surface area contributed by atoms with E-state index in [0.717, 1.165) is 16.7 Å². The largest absolute Gasteiger partial charge is 0.480 e. The summed E-state index contributed by atoms with van der Waals surface area (Å²) in [5.41, 5.74) is 10.6. The summed E-state index contributed by atoms with van der Waals surface area (Å²) in [4.78, 5) is 15.0. The zero-order chi connectivity index (χ0) is 21.4. The third kappa shape index (κ3) is 4.51. The van der Waals surface area contributed by atoms with Crippen molar-refractivity contribution in [2.24, 2.45) is 5.11 Å². The zero-order valence-corrected chi connectivity index (χ0v) is 16.7. The van der Waals surface area contributed by atoms with Gasteiger partial charge in [0.05, 0.1) is 5.54 Å². The normalized spacial score (nSPS) is 13.1. The maximum absolute atomic E-state index is 12.2. The van der Waals surface area contributed by atoms with E-state index >= 15 is 0 Å². The highest BCUT2D eigenvalue weighted by atomic mass is 16.4. The van der Waals surface area contributed by atoms with E-state index in [1.807, 2.05) is 91.0 Å². The molecule has 152 valence electrons. The topological polar surface area (TPSA) is 98.1 Å². The average Bonchev–Trinajstić information content (AvgIpc) is 2.78. The molecule has 2 atom stereocenters. The van der Waals surface area contributed by atoms with E-state index in [4.69, 9.17) is 5.53 Å². The molecule has 0 aliphatic rings. The van der Waals surface area contributed by atoms with Crippen molar-refractivity contribution in [2.45, 2.75) is 31.0 Å². The molecule has 6 nitrogen and oxygen atoms in total. The van der Waals surface area contributed by atoms with E-state index < -0.39 is 23.6 Å². The van der Waals surface area contributed by atoms with E-state index in [1.165, 1.54) is 0 Å². The van der Waals surface area contributed by atoms with Gasteiger partial charge in [-0.25, -0.2) is 0 Å². The Morgan fingerprint density at radius 1 is 0.933 bits per heavy atom. The molecule has 0 spiro atoms. The summed E-state index contributed by atoms with van der Waals surface area (Å²) < 4.78 is 0. The lowest BCUT2D eigenvalue weighted by Crippen LogP contribution is -2.53. The zero-order valence-electron chi connectivity index (χ0n) is 16.7. The first kappa shape index (κ1) is 21.1. The Balaban J connectivity index is 2.22. The fourth-order valence-corrected chi connectivity index (χ4v) is 3.77. The molecule has 0 radical (unpaired) electrons. The number of carboxylic acid groups (broad SMARTS) is 1. The maximum atomic E-state index is 12.2. The summed E-state index contributed by atoms with van der Waals surface area (Å²) in [5, 5.41) is 17.1. The van der Waals surface area contributed by atoms with Crippen LogP contribution in [0.5, 0.6) is 0 Å². The van der Waals surface area contributed by atoms with E-state index in [-0.39, 0.29) is 6.42 Å². The smallest absolute Gasteiger partial charge is 0.320 e. The Morgan fingerprint density at radius 2 is 1.33 bits per heavy atom. The van der Waals surface area contributed by atoms with Gasteiger partial charge in [-0.15, -0.1) is 0 Å². The number of rotatable bonds is 9. The molecule has 0 aliphatic carbocycles. The van der Waals surface area contributed by atoms with Gasteiger partial charge in [-0.1, -0.05) is 103 Å². The lowest BCUT2D eigenvalue weighted by Gasteiger charge is -2.39. The van der Waals surface area contributed by atoms with Gasteiger partial charge in [0.1, 0.15) is 6.04 Å². The van der Waals surface area contributed by atoms with Crippen LogP contribution in [0.4, 0.5) is 0 Å². The van der Waals surface area contributed by atoms with Crippen molar-refractivity contribution in [2.75, 3.05) is 0 Å². The molecule has 0 saturated carbocycles. The van der Waals surface area contributed by atoms with Gasteiger partial charge in [0.2, 0.25) is 0 Å². The van der Waals surface area contributed by atoms with Gasteiger partial charge < -0.3 is 5.11 Å². The quantitative estimate of drug-likeness (QED) is 0.226. The summed E-state index contributed by atoms with van der Waals surface area (Å²) in [5.74, 6) is -0.998. The van der Waals surface area contributed by atoms with Crippen molar-refractivity contribution in [3.05, 3.63) is 118 Å². The van der Waals surface area contributed by atoms with E-state index in [2.05, 4.69) is 15.3 Å². The second-order valence-corrected chi connectivity index (χ2v) is 7.17. The van der Waals surface area contributed by atoms with Crippen LogP contribution in [0.15, 0.2) is 96.1 Å². The number of nitrogens with zero attached hydrogens (tertiary/aromatic N) is 3. The van der Waals surface area contributed by atoms with Crippen LogP contribution in [0.25, 0.3) is 10.4 Å². The van der Waals surface area contributed by atoms with Gasteiger partial charge in [0.25, 0.3) is 0 Å². The molecule has 3 aromatic carbocycles. The number of nitrogens with one attached hydrogen (secondary N) is 1. The number of carbonyl (C=O) groups is 1. The minimum Gasteiger partial charge on any atom is -0.480 e. The molecule has 0 amide bonds. The first-order valence-electron chi connectivity index (χ1n) is 9.79. The van der Waals surface area contributed by atoms with Crippen LogP contribution in [-0.4, -0.2) is 23.2 Å². The first-order chi connectivity index (χ1) is 14.6. The molecule has 0 saturated heterocycles. The molecule has 30 heavy (non-hydrogen) atoms. The summed E-state index contributed by atoms with van der Waals surface area (Å²) in [7, 11) is 0. The van der Waals surface area contributed by atoms with Crippen molar-refractivity contribution in [3.8, 4) is 0 Å². The van der Waals surface area contributed by atoms with Crippen molar-refractivity contribution in [1.82, 2.24) is 5.32 Å². The van der Waals surface area contributed by atoms with Crippen molar-refractivity contribution in [3.63, 3.8) is 0 Å². The second kappa shape index (κ2) is 9.74. The number of hydrogen-bond acceptors (Lipinski definition) is 3. The van der Waals surface area contributed by atoms with Gasteiger partial charge >= 0.3 is 5.97 Å². The van der Waals surface area contributed by atoms with Crippen LogP contribution in [0.1, 0.15) is 30.0 Å². The fraction of sp³-hybridized carbons (Fsp3) is 0.208. The SMILES string of the molecule is C[C@H](C[C@@H](NC(c1ccccc1)(c1ccccc1)c1ccccc1)C(=O)O)N=[N+]=[N-]. The minimum atomic E-state index is -0.998. The molecule has 6 heteroatoms. The van der Waals surface area contributed by atoms with E-state index in [9.17, 15) is 9.90 Å². The average molecular weight is 400 g/mol. The second-order valence-electron chi connectivity index (χ2n) is 7.17. The summed E-state index contributed by atoms with van der Waals surface area (Å²) >= 11 is 0. The Kier molecular flexibility index (Phi) is 6.86. The molecule has 0 heterocycles. The first-order valence-corrected chi connectivity index (χ1v) is 9.79. The molecule has 0 aromatic heterocycles. The van der Waals surface area contributed by atoms with Crippen LogP contribution in [0, 0.1) is 0 Å². The highest BCUT2D eigenvalue weighted by molar-refractivity contribution is 5.74. The van der Waals surface area contributed by atoms with Crippen molar-refractivity contribution in [1.29, 1.82) is 0 Å². The molecule has 2 N–H and O–H groups in total. The van der Waals surface area contributed by atoms with Gasteiger partial charge in [-0.3, -0.25) is 10.1 Å². The Morgan fingerprint density at radius 3 is 1.67 bits per heavy atom. The maximum Gasteiger partial charge on any atom is 0.320 e. The summed E-state index contributed by atoms with van der Waals surface area (Å²) in [6, 6.07) is 28.0. The Hall–Kier alpha value is -3.60. The van der Waals surface area contributed by atoms with E-state index in [0.29, 0.717) is 0 Å². The Bertz CT molecular complexity index is 906. The minimum absolute atomic E-state index is 0.160. The molecule has 0 fully saturated rings. The third-order valence-electron chi connectivity index (χ3n) is 5.13. The number of azide groups is 1. The number of aliphatic carboxylic acids is 1. The molecular formula is C24H24N4O2. The fourth-order valence-electron chi connectivity index (χ4n) is 3.77. The summed E-state index contributed by atoms with van der Waals surface area (Å²) in [6.45, 7) is 1.71. The lowest BCUT2D eigenvalue weighted by molar-refractivity contribution is -0.140. The molecular weight excluding hydrogens is 376 g/mol. The van der Waals surface area contributed by atoms with Crippen LogP contribution in [-0.2, 0) is 10.3 Å². The number of carboxylic acids is 1. The molecule has 0 aliphatic heterocycles. The monoisotopic (exact) mass is 400 g/mol. The van der Waals surface area contributed by atoms with Gasteiger partial charge in [0, 0.05) is 11.0 Å². The van der Waals surface area contributed by atoms with Crippen LogP contribution in [0.2, 0.25) is 0 Å². The molecule has 0 unspecified atom stereocenters.